The van der Waals surface area contributed by atoms with Crippen molar-refractivity contribution in [2.24, 2.45) is 5.73 Å². The van der Waals surface area contributed by atoms with E-state index in [0.717, 1.165) is 18.5 Å². The summed E-state index contributed by atoms with van der Waals surface area (Å²) in [5.74, 6) is 0. The van der Waals surface area contributed by atoms with Gasteiger partial charge in [-0.3, -0.25) is 0 Å². The second kappa shape index (κ2) is 3.55. The van der Waals surface area contributed by atoms with Gasteiger partial charge in [0, 0.05) is 18.1 Å². The molecule has 2 nitrogen and oxygen atoms in total. The van der Waals surface area contributed by atoms with E-state index < -0.39 is 0 Å². The van der Waals surface area contributed by atoms with Gasteiger partial charge in [0.2, 0.25) is 0 Å². The minimum atomic E-state index is 0.354. The Balaban J connectivity index is 2.36. The third kappa shape index (κ3) is 2.17. The Hall–Kier alpha value is -0.0800. The zero-order chi connectivity index (χ0) is 8.43. The molecule has 1 fully saturated rings. The molecule has 2 heteroatoms. The summed E-state index contributed by atoms with van der Waals surface area (Å²) in [6.07, 6.45) is 3.83. The lowest BCUT2D eigenvalue weighted by atomic mass is 10.1. The van der Waals surface area contributed by atoms with Crippen molar-refractivity contribution in [2.75, 3.05) is 7.05 Å². The summed E-state index contributed by atoms with van der Waals surface area (Å²) in [4.78, 5) is 2.46. The zero-order valence-corrected chi connectivity index (χ0v) is 7.88. The van der Waals surface area contributed by atoms with Crippen LogP contribution in [0.2, 0.25) is 0 Å². The Morgan fingerprint density at radius 2 is 2.18 bits per heavy atom. The molecule has 1 rings (SSSR count). The molecule has 0 saturated carbocycles. The fourth-order valence-corrected chi connectivity index (χ4v) is 1.91. The van der Waals surface area contributed by atoms with Crippen molar-refractivity contribution in [2.45, 2.75) is 51.2 Å². The van der Waals surface area contributed by atoms with Gasteiger partial charge in [-0.1, -0.05) is 0 Å². The average Bonchev–Trinajstić information content (AvgIpc) is 2.18. The molecular formula is C9H20N2. The van der Waals surface area contributed by atoms with Crippen LogP contribution in [0.25, 0.3) is 0 Å². The van der Waals surface area contributed by atoms with Gasteiger partial charge in [0.05, 0.1) is 0 Å². The molecule has 0 aromatic carbocycles. The zero-order valence-electron chi connectivity index (χ0n) is 7.88. The first-order chi connectivity index (χ1) is 5.11. The van der Waals surface area contributed by atoms with Gasteiger partial charge in [0.25, 0.3) is 0 Å². The predicted octanol–water partition coefficient (Wildman–Crippen LogP) is 1.21. The molecule has 66 valence electrons. The van der Waals surface area contributed by atoms with E-state index in [1.807, 2.05) is 0 Å². The third-order valence-electron chi connectivity index (χ3n) is 2.83. The van der Waals surface area contributed by atoms with E-state index in [1.54, 1.807) is 0 Å². The van der Waals surface area contributed by atoms with Crippen molar-refractivity contribution >= 4 is 0 Å². The molecule has 0 bridgehead atoms. The van der Waals surface area contributed by atoms with E-state index >= 15 is 0 Å². The molecule has 2 N–H and O–H groups in total. The number of nitrogens with two attached hydrogens (primary N) is 1. The van der Waals surface area contributed by atoms with Crippen molar-refractivity contribution in [1.29, 1.82) is 0 Å². The highest BCUT2D eigenvalue weighted by Crippen LogP contribution is 2.24. The highest BCUT2D eigenvalue weighted by atomic mass is 15.2. The van der Waals surface area contributed by atoms with Crippen LogP contribution in [-0.4, -0.2) is 30.1 Å². The first-order valence-electron chi connectivity index (χ1n) is 4.58. The van der Waals surface area contributed by atoms with Gasteiger partial charge in [-0.2, -0.15) is 0 Å². The van der Waals surface area contributed by atoms with Crippen LogP contribution in [0.3, 0.4) is 0 Å². The van der Waals surface area contributed by atoms with E-state index in [1.165, 1.54) is 12.8 Å². The van der Waals surface area contributed by atoms with Crippen LogP contribution in [0.1, 0.15) is 33.1 Å². The molecule has 1 unspecified atom stereocenters. The lowest BCUT2D eigenvalue weighted by Gasteiger charge is -2.24. The topological polar surface area (TPSA) is 29.3 Å². The summed E-state index contributed by atoms with van der Waals surface area (Å²) in [6, 6.07) is 1.86. The lowest BCUT2D eigenvalue weighted by Crippen LogP contribution is -2.34. The molecule has 0 amide bonds. The quantitative estimate of drug-likeness (QED) is 0.651. The maximum atomic E-state index is 5.75. The van der Waals surface area contributed by atoms with Gasteiger partial charge in [0.15, 0.2) is 0 Å². The maximum absolute atomic E-state index is 5.75. The largest absolute Gasteiger partial charge is 0.328 e. The Morgan fingerprint density at radius 3 is 2.55 bits per heavy atom. The lowest BCUT2D eigenvalue weighted by molar-refractivity contribution is 0.236. The van der Waals surface area contributed by atoms with Crippen molar-refractivity contribution in [3.05, 3.63) is 0 Å². The highest BCUT2D eigenvalue weighted by molar-refractivity contribution is 4.84. The summed E-state index contributed by atoms with van der Waals surface area (Å²) >= 11 is 0. The number of likely N-dealkylation sites (tertiary alicyclic amines) is 1. The van der Waals surface area contributed by atoms with Gasteiger partial charge < -0.3 is 10.6 Å². The number of hydrogen-bond acceptors (Lipinski definition) is 2. The molecule has 0 aliphatic carbocycles. The molecule has 0 radical (unpaired) electrons. The van der Waals surface area contributed by atoms with Gasteiger partial charge in [-0.25, -0.2) is 0 Å². The molecule has 0 aromatic heterocycles. The first kappa shape index (κ1) is 9.01. The fourth-order valence-electron chi connectivity index (χ4n) is 1.91. The Kier molecular flexibility index (Phi) is 2.90. The van der Waals surface area contributed by atoms with Crippen LogP contribution in [0, 0.1) is 0 Å². The molecule has 0 aromatic rings. The minimum Gasteiger partial charge on any atom is -0.328 e. The van der Waals surface area contributed by atoms with Crippen molar-refractivity contribution in [3.8, 4) is 0 Å². The summed E-state index contributed by atoms with van der Waals surface area (Å²) in [5, 5.41) is 0. The summed E-state index contributed by atoms with van der Waals surface area (Å²) in [7, 11) is 2.21. The number of hydrogen-bond donors (Lipinski definition) is 1. The van der Waals surface area contributed by atoms with Crippen molar-refractivity contribution in [3.63, 3.8) is 0 Å². The highest BCUT2D eigenvalue weighted by Gasteiger charge is 2.27. The van der Waals surface area contributed by atoms with Crippen LogP contribution in [0.15, 0.2) is 0 Å². The van der Waals surface area contributed by atoms with E-state index in [4.69, 9.17) is 5.73 Å². The van der Waals surface area contributed by atoms with Crippen LogP contribution >= 0.6 is 0 Å². The molecule has 1 aliphatic rings. The Morgan fingerprint density at radius 1 is 1.55 bits per heavy atom. The number of nitrogens with zero attached hydrogens (tertiary/aromatic N) is 1. The summed E-state index contributed by atoms with van der Waals surface area (Å²) < 4.78 is 0. The molecule has 1 heterocycles. The van der Waals surface area contributed by atoms with Crippen LogP contribution in [0.5, 0.6) is 0 Å². The number of rotatable bonds is 2. The molecule has 0 spiro atoms. The fraction of sp³-hybridized carbons (Fsp3) is 1.00. The van der Waals surface area contributed by atoms with E-state index in [2.05, 4.69) is 25.8 Å². The molecule has 3 atom stereocenters. The van der Waals surface area contributed by atoms with Crippen molar-refractivity contribution in [1.82, 2.24) is 4.90 Å². The normalized spacial score (nSPS) is 36.0. The molecule has 1 aliphatic heterocycles. The molecular weight excluding hydrogens is 136 g/mol. The second-order valence-electron chi connectivity index (χ2n) is 3.96. The average molecular weight is 156 g/mol. The van der Waals surface area contributed by atoms with Crippen LogP contribution in [0.4, 0.5) is 0 Å². The monoisotopic (exact) mass is 156 g/mol. The predicted molar refractivity (Wildman–Crippen MR) is 48.5 cm³/mol. The van der Waals surface area contributed by atoms with Gasteiger partial charge >= 0.3 is 0 Å². The van der Waals surface area contributed by atoms with Crippen LogP contribution < -0.4 is 5.73 Å². The van der Waals surface area contributed by atoms with E-state index in [9.17, 15) is 0 Å². The Bertz CT molecular complexity index is 123. The minimum absolute atomic E-state index is 0.354. The van der Waals surface area contributed by atoms with Crippen molar-refractivity contribution < 1.29 is 0 Å². The van der Waals surface area contributed by atoms with E-state index in [-0.39, 0.29) is 0 Å². The summed E-state index contributed by atoms with van der Waals surface area (Å²) in [5.41, 5.74) is 5.75. The van der Waals surface area contributed by atoms with Gasteiger partial charge in [-0.05, 0) is 40.2 Å². The SMILES string of the molecule is CC(N)C[C@H]1CC[C@@H](C)N1C. The Labute approximate surface area is 69.8 Å². The molecule has 1 saturated heterocycles. The van der Waals surface area contributed by atoms with Gasteiger partial charge in [0.1, 0.15) is 0 Å². The maximum Gasteiger partial charge on any atom is 0.0110 e. The second-order valence-corrected chi connectivity index (χ2v) is 3.96. The molecule has 11 heavy (non-hydrogen) atoms. The van der Waals surface area contributed by atoms with Crippen LogP contribution in [-0.2, 0) is 0 Å². The first-order valence-corrected chi connectivity index (χ1v) is 4.58. The standard InChI is InChI=1S/C9H20N2/c1-7(10)6-9-5-4-8(2)11(9)3/h7-9H,4-6,10H2,1-3H3/t7?,8-,9-/m1/s1. The summed E-state index contributed by atoms with van der Waals surface area (Å²) in [6.45, 7) is 4.39. The van der Waals surface area contributed by atoms with E-state index in [0.29, 0.717) is 6.04 Å². The third-order valence-corrected chi connectivity index (χ3v) is 2.83. The smallest absolute Gasteiger partial charge is 0.0110 e. The van der Waals surface area contributed by atoms with Gasteiger partial charge in [-0.15, -0.1) is 0 Å².